The number of aromatic nitrogens is 2. The van der Waals surface area contributed by atoms with Crippen molar-refractivity contribution in [1.29, 1.82) is 0 Å². The molecule has 0 radical (unpaired) electrons. The summed E-state index contributed by atoms with van der Waals surface area (Å²) in [4.78, 5) is 12.4. The van der Waals surface area contributed by atoms with Gasteiger partial charge in [-0.05, 0) is 48.0 Å². The third kappa shape index (κ3) is 4.13. The lowest BCUT2D eigenvalue weighted by molar-refractivity contribution is 0.0951. The Morgan fingerprint density at radius 2 is 1.76 bits per heavy atom. The smallest absolute Gasteiger partial charge is 0.251 e. The summed E-state index contributed by atoms with van der Waals surface area (Å²) in [6, 6.07) is 15.4. The van der Waals surface area contributed by atoms with Crippen molar-refractivity contribution in [3.8, 4) is 5.69 Å². The minimum atomic E-state index is -3.26. The zero-order valence-corrected chi connectivity index (χ0v) is 14.4. The predicted octanol–water partition coefficient (Wildman–Crippen LogP) is 2.21. The van der Waals surface area contributed by atoms with E-state index >= 15 is 0 Å². The Labute approximate surface area is 146 Å². The number of carbonyl (C=O) groups excluding carboxylic acids is 1. The van der Waals surface area contributed by atoms with E-state index in [-0.39, 0.29) is 10.8 Å². The number of amides is 1. The molecule has 1 N–H and O–H groups in total. The first-order chi connectivity index (χ1) is 11.9. The van der Waals surface area contributed by atoms with Crippen LogP contribution in [0.15, 0.2) is 71.9 Å². The van der Waals surface area contributed by atoms with Crippen molar-refractivity contribution >= 4 is 15.7 Å². The Hall–Kier alpha value is -2.93. The molecule has 0 unspecified atom stereocenters. The van der Waals surface area contributed by atoms with Gasteiger partial charge in [0.1, 0.15) is 0 Å². The number of benzene rings is 2. The second-order valence-electron chi connectivity index (χ2n) is 5.60. The molecular formula is C18H17N3O3S. The highest BCUT2D eigenvalue weighted by atomic mass is 32.2. The topological polar surface area (TPSA) is 81.1 Å². The minimum Gasteiger partial charge on any atom is -0.348 e. The van der Waals surface area contributed by atoms with Gasteiger partial charge in [0.25, 0.3) is 5.91 Å². The SMILES string of the molecule is CS(=O)(=O)c1ccc(C(=O)NCc2ccc(-n3cccn3)cc2)cc1. The van der Waals surface area contributed by atoms with Crippen molar-refractivity contribution in [3.63, 3.8) is 0 Å². The molecule has 0 saturated carbocycles. The van der Waals surface area contributed by atoms with Gasteiger partial charge in [-0.25, -0.2) is 13.1 Å². The Bertz CT molecular complexity index is 961. The van der Waals surface area contributed by atoms with E-state index in [2.05, 4.69) is 10.4 Å². The summed E-state index contributed by atoms with van der Waals surface area (Å²) in [6.45, 7) is 0.381. The molecule has 0 fully saturated rings. The van der Waals surface area contributed by atoms with Crippen LogP contribution in [0.25, 0.3) is 5.69 Å². The molecule has 0 aliphatic rings. The fraction of sp³-hybridized carbons (Fsp3) is 0.111. The van der Waals surface area contributed by atoms with Gasteiger partial charge in [-0.2, -0.15) is 5.10 Å². The summed E-state index contributed by atoms with van der Waals surface area (Å²) in [6.07, 6.45) is 4.70. The summed E-state index contributed by atoms with van der Waals surface area (Å²) >= 11 is 0. The summed E-state index contributed by atoms with van der Waals surface area (Å²) in [5.74, 6) is -0.254. The Morgan fingerprint density at radius 3 is 2.32 bits per heavy atom. The molecule has 128 valence electrons. The third-order valence-electron chi connectivity index (χ3n) is 3.70. The molecule has 1 heterocycles. The lowest BCUT2D eigenvalue weighted by Gasteiger charge is -2.07. The number of hydrogen-bond acceptors (Lipinski definition) is 4. The van der Waals surface area contributed by atoms with E-state index in [0.29, 0.717) is 12.1 Å². The van der Waals surface area contributed by atoms with Crippen LogP contribution < -0.4 is 5.32 Å². The van der Waals surface area contributed by atoms with Crippen LogP contribution in [-0.4, -0.2) is 30.4 Å². The van der Waals surface area contributed by atoms with Crippen LogP contribution in [0.5, 0.6) is 0 Å². The van der Waals surface area contributed by atoms with Gasteiger partial charge >= 0.3 is 0 Å². The lowest BCUT2D eigenvalue weighted by Crippen LogP contribution is -2.22. The highest BCUT2D eigenvalue weighted by Crippen LogP contribution is 2.11. The highest BCUT2D eigenvalue weighted by Gasteiger charge is 2.09. The lowest BCUT2D eigenvalue weighted by atomic mass is 10.2. The standard InChI is InChI=1S/C18H17N3O3S/c1-25(23,24)17-9-5-15(6-10-17)18(22)19-13-14-3-7-16(8-4-14)21-12-2-11-20-21/h2-12H,13H2,1H3,(H,19,22). The molecule has 0 aliphatic carbocycles. The first kappa shape index (κ1) is 16.9. The fourth-order valence-corrected chi connectivity index (χ4v) is 2.96. The molecule has 2 aromatic carbocycles. The number of carbonyl (C=O) groups is 1. The normalized spacial score (nSPS) is 11.2. The average Bonchev–Trinajstić information content (AvgIpc) is 3.14. The minimum absolute atomic E-state index is 0.193. The van der Waals surface area contributed by atoms with E-state index in [4.69, 9.17) is 0 Å². The zero-order valence-electron chi connectivity index (χ0n) is 13.6. The number of nitrogens with zero attached hydrogens (tertiary/aromatic N) is 2. The molecule has 1 amide bonds. The molecule has 0 saturated heterocycles. The Kier molecular flexibility index (Phi) is 4.67. The molecule has 0 bridgehead atoms. The maximum Gasteiger partial charge on any atom is 0.251 e. The van der Waals surface area contributed by atoms with E-state index < -0.39 is 9.84 Å². The van der Waals surface area contributed by atoms with Crippen molar-refractivity contribution < 1.29 is 13.2 Å². The molecule has 7 heteroatoms. The van der Waals surface area contributed by atoms with Crippen LogP contribution in [0.2, 0.25) is 0 Å². The first-order valence-electron chi connectivity index (χ1n) is 7.61. The average molecular weight is 355 g/mol. The van der Waals surface area contributed by atoms with Gasteiger partial charge in [-0.3, -0.25) is 4.79 Å². The third-order valence-corrected chi connectivity index (χ3v) is 4.83. The van der Waals surface area contributed by atoms with Crippen molar-refractivity contribution in [2.24, 2.45) is 0 Å². The van der Waals surface area contributed by atoms with Crippen molar-refractivity contribution in [2.75, 3.05) is 6.26 Å². The van der Waals surface area contributed by atoms with Crippen molar-refractivity contribution in [3.05, 3.63) is 78.1 Å². The van der Waals surface area contributed by atoms with E-state index in [1.807, 2.05) is 36.5 Å². The van der Waals surface area contributed by atoms with Gasteiger partial charge in [0.2, 0.25) is 0 Å². The molecule has 0 spiro atoms. The summed E-state index contributed by atoms with van der Waals surface area (Å²) in [5, 5.41) is 6.98. The molecule has 0 atom stereocenters. The van der Waals surface area contributed by atoms with Gasteiger partial charge in [0, 0.05) is 30.8 Å². The monoisotopic (exact) mass is 355 g/mol. The summed E-state index contributed by atoms with van der Waals surface area (Å²) in [5.41, 5.74) is 2.31. The molecule has 1 aromatic heterocycles. The molecule has 0 aliphatic heterocycles. The van der Waals surface area contributed by atoms with Gasteiger partial charge in [-0.15, -0.1) is 0 Å². The fourth-order valence-electron chi connectivity index (χ4n) is 2.33. The van der Waals surface area contributed by atoms with Gasteiger partial charge in [-0.1, -0.05) is 12.1 Å². The molecule has 6 nitrogen and oxygen atoms in total. The second-order valence-corrected chi connectivity index (χ2v) is 7.61. The maximum absolute atomic E-state index is 12.2. The molecular weight excluding hydrogens is 338 g/mol. The summed E-state index contributed by atoms with van der Waals surface area (Å²) < 4.78 is 24.6. The maximum atomic E-state index is 12.2. The molecule has 3 aromatic rings. The molecule has 25 heavy (non-hydrogen) atoms. The van der Waals surface area contributed by atoms with E-state index in [0.717, 1.165) is 17.5 Å². The number of nitrogens with one attached hydrogen (secondary N) is 1. The van der Waals surface area contributed by atoms with Crippen LogP contribution in [0.1, 0.15) is 15.9 Å². The zero-order chi connectivity index (χ0) is 17.9. The van der Waals surface area contributed by atoms with Gasteiger partial charge in [0.05, 0.1) is 10.6 Å². The van der Waals surface area contributed by atoms with Crippen LogP contribution in [-0.2, 0) is 16.4 Å². The highest BCUT2D eigenvalue weighted by molar-refractivity contribution is 7.90. The van der Waals surface area contributed by atoms with E-state index in [1.165, 1.54) is 24.3 Å². The quantitative estimate of drug-likeness (QED) is 0.761. The second kappa shape index (κ2) is 6.90. The first-order valence-corrected chi connectivity index (χ1v) is 9.50. The Balaban J connectivity index is 1.62. The van der Waals surface area contributed by atoms with Crippen LogP contribution in [0.4, 0.5) is 0 Å². The van der Waals surface area contributed by atoms with Crippen molar-refractivity contribution in [1.82, 2.24) is 15.1 Å². The Morgan fingerprint density at radius 1 is 1.08 bits per heavy atom. The van der Waals surface area contributed by atoms with Crippen LogP contribution in [0.3, 0.4) is 0 Å². The number of sulfone groups is 1. The predicted molar refractivity (Wildman–Crippen MR) is 94.3 cm³/mol. The van der Waals surface area contributed by atoms with Crippen molar-refractivity contribution in [2.45, 2.75) is 11.4 Å². The van der Waals surface area contributed by atoms with Gasteiger partial charge in [0.15, 0.2) is 9.84 Å². The largest absolute Gasteiger partial charge is 0.348 e. The van der Waals surface area contributed by atoms with E-state index in [1.54, 1.807) is 10.9 Å². The number of rotatable bonds is 5. The molecule has 3 rings (SSSR count). The van der Waals surface area contributed by atoms with Crippen LogP contribution in [0, 0.1) is 0 Å². The number of hydrogen-bond donors (Lipinski definition) is 1. The van der Waals surface area contributed by atoms with Crippen LogP contribution >= 0.6 is 0 Å². The van der Waals surface area contributed by atoms with Gasteiger partial charge < -0.3 is 5.32 Å². The van der Waals surface area contributed by atoms with E-state index in [9.17, 15) is 13.2 Å². The summed E-state index contributed by atoms with van der Waals surface area (Å²) in [7, 11) is -3.26.